The fourth-order valence-electron chi connectivity index (χ4n) is 1.03. The molecule has 0 fully saturated rings. The van der Waals surface area contributed by atoms with Crippen molar-refractivity contribution >= 4 is 37.0 Å². The van der Waals surface area contributed by atoms with E-state index in [0.29, 0.717) is 0 Å². The summed E-state index contributed by atoms with van der Waals surface area (Å²) < 4.78 is 22.1. The van der Waals surface area contributed by atoms with Crippen LogP contribution in [-0.2, 0) is 9.05 Å². The molecule has 6 nitrogen and oxygen atoms in total. The van der Waals surface area contributed by atoms with E-state index in [4.69, 9.17) is 27.5 Å². The molecule has 1 aromatic rings. The summed E-state index contributed by atoms with van der Waals surface area (Å²) in [7, 11) is 0.697. The third-order valence-corrected chi connectivity index (χ3v) is 3.32. The van der Waals surface area contributed by atoms with Gasteiger partial charge in [0, 0.05) is 10.7 Å². The lowest BCUT2D eigenvalue weighted by Gasteiger charge is -2.01. The Hall–Kier alpha value is -1.36. The van der Waals surface area contributed by atoms with Crippen molar-refractivity contribution in [2.75, 3.05) is 0 Å². The molecule has 16 heavy (non-hydrogen) atoms. The first-order valence-corrected chi connectivity index (χ1v) is 6.29. The third kappa shape index (κ3) is 2.24. The summed E-state index contributed by atoms with van der Waals surface area (Å²) in [6.45, 7) is 0. The summed E-state index contributed by atoms with van der Waals surface area (Å²) in [5.41, 5.74) is -1.45. The van der Waals surface area contributed by atoms with Gasteiger partial charge in [0.05, 0.1) is 9.95 Å². The maximum atomic E-state index is 11.0. The standard InChI is InChI=1S/C7H2Cl2N2O4S/c8-5-1-2-6(16(9,14)15)7(11(12)13)4(5)3-10/h1-2H. The van der Waals surface area contributed by atoms with Gasteiger partial charge in [-0.25, -0.2) is 8.42 Å². The molecule has 84 valence electrons. The number of nitro benzene ring substituents is 1. The van der Waals surface area contributed by atoms with Gasteiger partial charge < -0.3 is 0 Å². The Balaban J connectivity index is 3.81. The second-order valence-electron chi connectivity index (χ2n) is 2.58. The highest BCUT2D eigenvalue weighted by molar-refractivity contribution is 8.13. The van der Waals surface area contributed by atoms with Crippen LogP contribution in [0.25, 0.3) is 0 Å². The topological polar surface area (TPSA) is 101 Å². The predicted molar refractivity (Wildman–Crippen MR) is 55.9 cm³/mol. The zero-order valence-corrected chi connectivity index (χ0v) is 9.67. The molecule has 0 spiro atoms. The van der Waals surface area contributed by atoms with Crippen LogP contribution < -0.4 is 0 Å². The highest BCUT2D eigenvalue weighted by Gasteiger charge is 2.29. The molecule has 0 N–H and O–H groups in total. The fourth-order valence-corrected chi connectivity index (χ4v) is 2.24. The van der Waals surface area contributed by atoms with Crippen molar-refractivity contribution in [3.8, 4) is 6.07 Å². The number of hydrogen-bond acceptors (Lipinski definition) is 5. The normalized spacial score (nSPS) is 10.8. The largest absolute Gasteiger partial charge is 0.308 e. The Morgan fingerprint density at radius 2 is 2.00 bits per heavy atom. The molecule has 0 radical (unpaired) electrons. The second-order valence-corrected chi connectivity index (χ2v) is 5.52. The van der Waals surface area contributed by atoms with Crippen LogP contribution in [0, 0.1) is 21.4 Å². The van der Waals surface area contributed by atoms with Crippen LogP contribution in [0.15, 0.2) is 17.0 Å². The molecule has 0 amide bonds. The Morgan fingerprint density at radius 3 is 2.38 bits per heavy atom. The van der Waals surface area contributed by atoms with Crippen molar-refractivity contribution in [3.05, 3.63) is 32.8 Å². The van der Waals surface area contributed by atoms with Crippen LogP contribution in [0.5, 0.6) is 0 Å². The van der Waals surface area contributed by atoms with Gasteiger partial charge in [-0.2, -0.15) is 5.26 Å². The molecule has 0 saturated heterocycles. The summed E-state index contributed by atoms with van der Waals surface area (Å²) in [6, 6.07) is 3.40. The van der Waals surface area contributed by atoms with Gasteiger partial charge in [0.25, 0.3) is 9.05 Å². The molecule has 1 aromatic carbocycles. The average Bonchev–Trinajstić information content (AvgIpc) is 2.14. The minimum absolute atomic E-state index is 0.210. The molecule has 0 aliphatic rings. The van der Waals surface area contributed by atoms with E-state index in [0.717, 1.165) is 12.1 Å². The number of hydrogen-bond donors (Lipinski definition) is 0. The molecule has 0 saturated carbocycles. The molecular weight excluding hydrogens is 279 g/mol. The van der Waals surface area contributed by atoms with Gasteiger partial charge >= 0.3 is 5.69 Å². The van der Waals surface area contributed by atoms with Crippen molar-refractivity contribution in [1.82, 2.24) is 0 Å². The molecule has 0 bridgehead atoms. The van der Waals surface area contributed by atoms with E-state index in [1.54, 1.807) is 0 Å². The minimum atomic E-state index is -4.31. The number of nitriles is 1. The molecule has 1 rings (SSSR count). The summed E-state index contributed by atoms with van der Waals surface area (Å²) in [5, 5.41) is 19.1. The molecular formula is C7H2Cl2N2O4S. The maximum absolute atomic E-state index is 11.0. The van der Waals surface area contributed by atoms with Crippen molar-refractivity contribution in [1.29, 1.82) is 5.26 Å². The van der Waals surface area contributed by atoms with Gasteiger partial charge in [0.2, 0.25) is 0 Å². The smallest absolute Gasteiger partial charge is 0.258 e. The summed E-state index contributed by atoms with van der Waals surface area (Å²) in [5.74, 6) is 0. The molecule has 0 aromatic heterocycles. The monoisotopic (exact) mass is 280 g/mol. The van der Waals surface area contributed by atoms with E-state index in [1.165, 1.54) is 6.07 Å². The first kappa shape index (κ1) is 12.7. The van der Waals surface area contributed by atoms with Gasteiger partial charge in [-0.05, 0) is 12.1 Å². The van der Waals surface area contributed by atoms with Crippen molar-refractivity contribution in [3.63, 3.8) is 0 Å². The zero-order valence-electron chi connectivity index (χ0n) is 7.35. The predicted octanol–water partition coefficient (Wildman–Crippen LogP) is 2.05. The summed E-state index contributed by atoms with van der Waals surface area (Å²) >= 11 is 5.53. The molecule has 0 atom stereocenters. The van der Waals surface area contributed by atoms with E-state index in [1.807, 2.05) is 0 Å². The van der Waals surface area contributed by atoms with Gasteiger partial charge in [-0.15, -0.1) is 0 Å². The lowest BCUT2D eigenvalue weighted by Crippen LogP contribution is -2.01. The van der Waals surface area contributed by atoms with Gasteiger partial charge in [-0.3, -0.25) is 10.1 Å². The van der Waals surface area contributed by atoms with E-state index >= 15 is 0 Å². The van der Waals surface area contributed by atoms with Crippen LogP contribution in [0.1, 0.15) is 5.56 Å². The number of nitrogens with zero attached hydrogens (tertiary/aromatic N) is 2. The van der Waals surface area contributed by atoms with Crippen LogP contribution in [-0.4, -0.2) is 13.3 Å². The van der Waals surface area contributed by atoms with Crippen LogP contribution >= 0.6 is 22.3 Å². The lowest BCUT2D eigenvalue weighted by molar-refractivity contribution is -0.388. The highest BCUT2D eigenvalue weighted by Crippen LogP contribution is 2.34. The average molecular weight is 281 g/mol. The molecule has 9 heteroatoms. The Morgan fingerprint density at radius 1 is 1.44 bits per heavy atom. The highest BCUT2D eigenvalue weighted by atomic mass is 35.7. The van der Waals surface area contributed by atoms with Crippen LogP contribution in [0.3, 0.4) is 0 Å². The second kappa shape index (κ2) is 4.25. The molecule has 0 aliphatic carbocycles. The third-order valence-electron chi connectivity index (χ3n) is 1.65. The zero-order chi connectivity index (χ0) is 12.5. The van der Waals surface area contributed by atoms with Crippen molar-refractivity contribution in [2.24, 2.45) is 0 Å². The first-order valence-electron chi connectivity index (χ1n) is 3.60. The van der Waals surface area contributed by atoms with Crippen molar-refractivity contribution in [2.45, 2.75) is 4.90 Å². The number of rotatable bonds is 2. The minimum Gasteiger partial charge on any atom is -0.258 e. The number of nitro groups is 1. The van der Waals surface area contributed by atoms with Crippen molar-refractivity contribution < 1.29 is 13.3 Å². The number of benzene rings is 1. The van der Waals surface area contributed by atoms with Crippen LogP contribution in [0.2, 0.25) is 5.02 Å². The summed E-state index contributed by atoms with van der Waals surface area (Å²) in [6.07, 6.45) is 0. The summed E-state index contributed by atoms with van der Waals surface area (Å²) in [4.78, 5) is 8.91. The van der Waals surface area contributed by atoms with Gasteiger partial charge in [0.15, 0.2) is 4.90 Å². The SMILES string of the molecule is N#Cc1c(Cl)ccc(S(=O)(=O)Cl)c1[N+](=O)[O-]. The molecule has 0 heterocycles. The first-order chi connectivity index (χ1) is 7.29. The quantitative estimate of drug-likeness (QED) is 0.469. The Labute approximate surface area is 99.6 Å². The van der Waals surface area contributed by atoms with Gasteiger partial charge in [0.1, 0.15) is 11.6 Å². The maximum Gasteiger partial charge on any atom is 0.308 e. The Bertz CT molecular complexity index is 606. The fraction of sp³-hybridized carbons (Fsp3) is 0. The van der Waals surface area contributed by atoms with E-state index < -0.39 is 30.1 Å². The molecule has 0 unspecified atom stereocenters. The lowest BCUT2D eigenvalue weighted by atomic mass is 10.2. The Kier molecular flexibility index (Phi) is 3.38. The van der Waals surface area contributed by atoms with E-state index in [-0.39, 0.29) is 5.02 Å². The van der Waals surface area contributed by atoms with E-state index in [9.17, 15) is 18.5 Å². The van der Waals surface area contributed by atoms with Crippen LogP contribution in [0.4, 0.5) is 5.69 Å². The van der Waals surface area contributed by atoms with E-state index in [2.05, 4.69) is 0 Å². The van der Waals surface area contributed by atoms with Gasteiger partial charge in [-0.1, -0.05) is 11.6 Å². The number of halogens is 2. The molecule has 0 aliphatic heterocycles.